The molecule has 0 saturated carbocycles. The first-order valence-electron chi connectivity index (χ1n) is 6.05. The summed E-state index contributed by atoms with van der Waals surface area (Å²) < 4.78 is 51.2. The maximum absolute atomic E-state index is 11.9. The molecule has 0 saturated heterocycles. The number of rotatable bonds is 8. The molecule has 0 aliphatic rings. The van der Waals surface area contributed by atoms with Gasteiger partial charge in [0.15, 0.2) is 0 Å². The third kappa shape index (κ3) is 5.08. The van der Waals surface area contributed by atoms with Crippen LogP contribution < -0.4 is 14.8 Å². The molecule has 0 unspecified atom stereocenters. The van der Waals surface area contributed by atoms with Crippen LogP contribution in [-0.2, 0) is 20.0 Å². The third-order valence-electron chi connectivity index (χ3n) is 2.48. The molecule has 0 amide bonds. The minimum Gasteiger partial charge on any atom is -0.388 e. The van der Waals surface area contributed by atoms with E-state index in [-0.39, 0.29) is 23.7 Å². The van der Waals surface area contributed by atoms with Crippen LogP contribution in [0.25, 0.3) is 0 Å². The Morgan fingerprint density at radius 2 is 1.60 bits per heavy atom. The van der Waals surface area contributed by atoms with E-state index in [4.69, 9.17) is 0 Å². The van der Waals surface area contributed by atoms with Gasteiger partial charge in [-0.3, -0.25) is 0 Å². The van der Waals surface area contributed by atoms with Gasteiger partial charge in [-0.05, 0) is 24.3 Å². The van der Waals surface area contributed by atoms with E-state index in [9.17, 15) is 16.8 Å². The predicted molar refractivity (Wildman–Crippen MR) is 78.6 cm³/mol. The zero-order valence-corrected chi connectivity index (χ0v) is 13.0. The van der Waals surface area contributed by atoms with E-state index >= 15 is 0 Å². The van der Waals surface area contributed by atoms with Crippen molar-refractivity contribution in [1.82, 2.24) is 9.44 Å². The Labute approximate surface area is 119 Å². The predicted octanol–water partition coefficient (Wildman–Crippen LogP) is -0.0541. The van der Waals surface area contributed by atoms with Crippen LogP contribution in [0.2, 0.25) is 0 Å². The highest BCUT2D eigenvalue weighted by Crippen LogP contribution is 2.13. The maximum atomic E-state index is 11.9. The molecule has 3 N–H and O–H groups in total. The average molecular weight is 321 g/mol. The molecule has 0 heterocycles. The van der Waals surface area contributed by atoms with E-state index in [1.807, 2.05) is 0 Å². The minimum absolute atomic E-state index is 0.0948. The lowest BCUT2D eigenvalue weighted by molar-refractivity contribution is 0.576. The zero-order chi connectivity index (χ0) is 15.2. The second-order valence-electron chi connectivity index (χ2n) is 3.99. The van der Waals surface area contributed by atoms with Gasteiger partial charge in [0, 0.05) is 25.8 Å². The summed E-state index contributed by atoms with van der Waals surface area (Å²) in [5.74, 6) is -0.297. The molecule has 0 radical (unpaired) electrons. The number of hydrogen-bond acceptors (Lipinski definition) is 5. The Hall–Kier alpha value is -1.16. The maximum Gasteiger partial charge on any atom is 0.240 e. The minimum atomic E-state index is -3.69. The SMILES string of the molecule is CCNS(=O)(=O)CCNS(=O)(=O)c1ccc(NC)cc1. The molecule has 9 heteroatoms. The lowest BCUT2D eigenvalue weighted by Crippen LogP contribution is -2.34. The summed E-state index contributed by atoms with van der Waals surface area (Å²) in [6.45, 7) is 1.76. The first-order valence-corrected chi connectivity index (χ1v) is 9.19. The van der Waals surface area contributed by atoms with Crippen molar-refractivity contribution in [2.75, 3.05) is 31.2 Å². The summed E-state index contributed by atoms with van der Waals surface area (Å²) in [6, 6.07) is 6.16. The van der Waals surface area contributed by atoms with Gasteiger partial charge in [0.1, 0.15) is 0 Å². The van der Waals surface area contributed by atoms with E-state index in [0.717, 1.165) is 5.69 Å². The Bertz CT molecular complexity index is 624. The van der Waals surface area contributed by atoms with Gasteiger partial charge < -0.3 is 5.32 Å². The topological polar surface area (TPSA) is 104 Å². The standard InChI is InChI=1S/C11H19N3O4S2/c1-3-13-19(15,16)9-8-14-20(17,18)11-6-4-10(12-2)5-7-11/h4-7,12-14H,3,8-9H2,1-2H3. The Balaban J connectivity index is 2.66. The van der Waals surface area contributed by atoms with Crippen molar-refractivity contribution >= 4 is 25.7 Å². The third-order valence-corrected chi connectivity index (χ3v) is 5.43. The van der Waals surface area contributed by atoms with Crippen molar-refractivity contribution < 1.29 is 16.8 Å². The normalized spacial score (nSPS) is 12.3. The largest absolute Gasteiger partial charge is 0.388 e. The molecule has 1 aromatic rings. The second-order valence-corrected chi connectivity index (χ2v) is 7.68. The van der Waals surface area contributed by atoms with E-state index in [1.165, 1.54) is 12.1 Å². The van der Waals surface area contributed by atoms with Crippen molar-refractivity contribution in [2.45, 2.75) is 11.8 Å². The molecule has 114 valence electrons. The molecule has 20 heavy (non-hydrogen) atoms. The molecular formula is C11H19N3O4S2. The van der Waals surface area contributed by atoms with Gasteiger partial charge in [0.25, 0.3) is 0 Å². The zero-order valence-electron chi connectivity index (χ0n) is 11.4. The lowest BCUT2D eigenvalue weighted by Gasteiger charge is -2.08. The number of hydrogen-bond donors (Lipinski definition) is 3. The highest BCUT2D eigenvalue weighted by atomic mass is 32.2. The van der Waals surface area contributed by atoms with Gasteiger partial charge in [-0.2, -0.15) is 0 Å². The summed E-state index contributed by atoms with van der Waals surface area (Å²) in [5.41, 5.74) is 0.790. The van der Waals surface area contributed by atoms with Crippen LogP contribution in [0.15, 0.2) is 29.2 Å². The molecule has 7 nitrogen and oxygen atoms in total. The Morgan fingerprint density at radius 1 is 1.00 bits per heavy atom. The lowest BCUT2D eigenvalue weighted by atomic mass is 10.3. The van der Waals surface area contributed by atoms with Crippen molar-refractivity contribution in [2.24, 2.45) is 0 Å². The van der Waals surface area contributed by atoms with Gasteiger partial charge in [-0.15, -0.1) is 0 Å². The smallest absolute Gasteiger partial charge is 0.240 e. The van der Waals surface area contributed by atoms with Gasteiger partial charge >= 0.3 is 0 Å². The van der Waals surface area contributed by atoms with Crippen molar-refractivity contribution in [3.63, 3.8) is 0 Å². The molecule has 0 aliphatic heterocycles. The van der Waals surface area contributed by atoms with Crippen molar-refractivity contribution in [3.05, 3.63) is 24.3 Å². The van der Waals surface area contributed by atoms with Crippen molar-refractivity contribution in [3.8, 4) is 0 Å². The van der Waals surface area contributed by atoms with Crippen LogP contribution in [0.4, 0.5) is 5.69 Å². The molecule has 0 atom stereocenters. The van der Waals surface area contributed by atoms with E-state index in [2.05, 4.69) is 14.8 Å². The average Bonchev–Trinajstić information content (AvgIpc) is 2.38. The van der Waals surface area contributed by atoms with E-state index < -0.39 is 20.0 Å². The molecule has 0 bridgehead atoms. The second kappa shape index (κ2) is 7.02. The fraction of sp³-hybridized carbons (Fsp3) is 0.455. The summed E-state index contributed by atoms with van der Waals surface area (Å²) in [6.07, 6.45) is 0. The van der Waals surface area contributed by atoms with Crippen LogP contribution in [0.5, 0.6) is 0 Å². The monoisotopic (exact) mass is 321 g/mol. The Morgan fingerprint density at radius 3 is 2.10 bits per heavy atom. The molecule has 0 spiro atoms. The van der Waals surface area contributed by atoms with Gasteiger partial charge in [-0.25, -0.2) is 26.3 Å². The number of benzene rings is 1. The van der Waals surface area contributed by atoms with Crippen LogP contribution in [-0.4, -0.2) is 42.7 Å². The van der Waals surface area contributed by atoms with Crippen LogP contribution >= 0.6 is 0 Å². The highest BCUT2D eigenvalue weighted by molar-refractivity contribution is 7.90. The van der Waals surface area contributed by atoms with Crippen LogP contribution in [0.1, 0.15) is 6.92 Å². The summed E-state index contributed by atoms with van der Waals surface area (Å²) in [4.78, 5) is 0.0948. The van der Waals surface area contributed by atoms with Gasteiger partial charge in [0.2, 0.25) is 20.0 Å². The van der Waals surface area contributed by atoms with Crippen LogP contribution in [0, 0.1) is 0 Å². The first kappa shape index (κ1) is 16.9. The number of sulfonamides is 2. The summed E-state index contributed by atoms with van der Waals surface area (Å²) in [5, 5.41) is 2.88. The number of anilines is 1. The number of nitrogens with one attached hydrogen (secondary N) is 3. The fourth-order valence-electron chi connectivity index (χ4n) is 1.49. The molecule has 0 aromatic heterocycles. The quantitative estimate of drug-likeness (QED) is 0.622. The fourth-order valence-corrected chi connectivity index (χ4v) is 3.60. The van der Waals surface area contributed by atoms with Gasteiger partial charge in [0.05, 0.1) is 10.6 Å². The van der Waals surface area contributed by atoms with Crippen molar-refractivity contribution in [1.29, 1.82) is 0 Å². The molecule has 0 fully saturated rings. The first-order chi connectivity index (χ1) is 9.30. The molecule has 1 rings (SSSR count). The molecular weight excluding hydrogens is 302 g/mol. The van der Waals surface area contributed by atoms with Gasteiger partial charge in [-0.1, -0.05) is 6.92 Å². The molecule has 1 aromatic carbocycles. The van der Waals surface area contributed by atoms with E-state index in [0.29, 0.717) is 0 Å². The summed E-state index contributed by atoms with van der Waals surface area (Å²) in [7, 11) is -5.40. The van der Waals surface area contributed by atoms with Crippen LogP contribution in [0.3, 0.4) is 0 Å². The highest BCUT2D eigenvalue weighted by Gasteiger charge is 2.15. The molecule has 0 aliphatic carbocycles. The van der Waals surface area contributed by atoms with E-state index in [1.54, 1.807) is 26.1 Å². The summed E-state index contributed by atoms with van der Waals surface area (Å²) >= 11 is 0. The Kier molecular flexibility index (Phi) is 5.93.